The molecule has 17 heavy (non-hydrogen) atoms. The first-order valence-corrected chi connectivity index (χ1v) is 6.18. The van der Waals surface area contributed by atoms with Gasteiger partial charge < -0.3 is 10.2 Å². The Morgan fingerprint density at radius 3 is 2.65 bits per heavy atom. The number of hydrogen-bond donors (Lipinski definition) is 1. The van der Waals surface area contributed by atoms with Crippen LogP contribution in [0.25, 0.3) is 0 Å². The second-order valence-electron chi connectivity index (χ2n) is 3.79. The molecular formula is C13H21N3O. The third-order valence-electron chi connectivity index (χ3n) is 2.82. The van der Waals surface area contributed by atoms with E-state index in [1.54, 1.807) is 11.1 Å². The van der Waals surface area contributed by atoms with Gasteiger partial charge >= 0.3 is 6.03 Å². The Bertz CT molecular complexity index is 361. The molecule has 0 unspecified atom stereocenters. The van der Waals surface area contributed by atoms with Crippen LogP contribution in [0.1, 0.15) is 32.0 Å². The minimum atomic E-state index is -0.0253. The van der Waals surface area contributed by atoms with E-state index in [0.29, 0.717) is 6.54 Å². The van der Waals surface area contributed by atoms with Crippen LogP contribution in [0.15, 0.2) is 18.3 Å². The number of amides is 2. The summed E-state index contributed by atoms with van der Waals surface area (Å²) in [5.74, 6) is 0. The fourth-order valence-corrected chi connectivity index (χ4v) is 1.73. The summed E-state index contributed by atoms with van der Waals surface area (Å²) in [7, 11) is 0. The number of rotatable bonds is 5. The Kier molecular flexibility index (Phi) is 5.46. The van der Waals surface area contributed by atoms with E-state index in [1.807, 2.05) is 26.0 Å². The summed E-state index contributed by atoms with van der Waals surface area (Å²) in [5.41, 5.74) is 2.14. The average molecular weight is 235 g/mol. The zero-order valence-electron chi connectivity index (χ0n) is 10.9. The SMILES string of the molecule is CCc1cccnc1CNC(=O)N(CC)CC. The van der Waals surface area contributed by atoms with Crippen LogP contribution in [0.3, 0.4) is 0 Å². The van der Waals surface area contributed by atoms with E-state index in [4.69, 9.17) is 0 Å². The Morgan fingerprint density at radius 1 is 1.35 bits per heavy atom. The molecule has 94 valence electrons. The molecule has 0 saturated heterocycles. The summed E-state index contributed by atoms with van der Waals surface area (Å²) < 4.78 is 0. The fourth-order valence-electron chi connectivity index (χ4n) is 1.73. The molecule has 0 saturated carbocycles. The summed E-state index contributed by atoms with van der Waals surface area (Å²) in [6, 6.07) is 3.95. The Morgan fingerprint density at radius 2 is 2.06 bits per heavy atom. The molecule has 4 nitrogen and oxygen atoms in total. The van der Waals surface area contributed by atoms with Crippen molar-refractivity contribution in [1.82, 2.24) is 15.2 Å². The molecule has 2 amide bonds. The normalized spacial score (nSPS) is 10.1. The van der Waals surface area contributed by atoms with Gasteiger partial charge in [0.25, 0.3) is 0 Å². The maximum atomic E-state index is 11.8. The van der Waals surface area contributed by atoms with Gasteiger partial charge in [0.2, 0.25) is 0 Å². The van der Waals surface area contributed by atoms with Crippen molar-refractivity contribution >= 4 is 6.03 Å². The van der Waals surface area contributed by atoms with Crippen molar-refractivity contribution in [3.8, 4) is 0 Å². The number of carbonyl (C=O) groups excluding carboxylic acids is 1. The van der Waals surface area contributed by atoms with Crippen LogP contribution in [0, 0.1) is 0 Å². The van der Waals surface area contributed by atoms with Crippen LogP contribution in [0.5, 0.6) is 0 Å². The topological polar surface area (TPSA) is 45.2 Å². The number of aryl methyl sites for hydroxylation is 1. The molecule has 0 atom stereocenters. The molecule has 1 rings (SSSR count). The zero-order chi connectivity index (χ0) is 12.7. The highest BCUT2D eigenvalue weighted by molar-refractivity contribution is 5.74. The van der Waals surface area contributed by atoms with Crippen molar-refractivity contribution in [2.45, 2.75) is 33.7 Å². The highest BCUT2D eigenvalue weighted by Gasteiger charge is 2.09. The Hall–Kier alpha value is -1.58. The summed E-state index contributed by atoms with van der Waals surface area (Å²) in [4.78, 5) is 17.8. The van der Waals surface area contributed by atoms with Gasteiger partial charge in [0, 0.05) is 19.3 Å². The molecule has 0 aliphatic rings. The van der Waals surface area contributed by atoms with E-state index >= 15 is 0 Å². The number of pyridine rings is 1. The first kappa shape index (κ1) is 13.5. The van der Waals surface area contributed by atoms with Gasteiger partial charge in [-0.2, -0.15) is 0 Å². The van der Waals surface area contributed by atoms with Gasteiger partial charge in [0.05, 0.1) is 12.2 Å². The molecule has 4 heteroatoms. The number of nitrogens with zero attached hydrogens (tertiary/aromatic N) is 2. The van der Waals surface area contributed by atoms with E-state index in [2.05, 4.69) is 17.2 Å². The Balaban J connectivity index is 2.58. The van der Waals surface area contributed by atoms with Gasteiger partial charge in [-0.05, 0) is 31.9 Å². The molecule has 1 aromatic heterocycles. The van der Waals surface area contributed by atoms with Crippen LogP contribution in [-0.2, 0) is 13.0 Å². The minimum Gasteiger partial charge on any atom is -0.332 e. The summed E-state index contributed by atoms with van der Waals surface area (Å²) in [6.07, 6.45) is 2.70. The molecule has 0 fully saturated rings. The van der Waals surface area contributed by atoms with Crippen molar-refractivity contribution in [3.05, 3.63) is 29.6 Å². The number of aromatic nitrogens is 1. The van der Waals surface area contributed by atoms with Crippen LogP contribution in [-0.4, -0.2) is 29.0 Å². The van der Waals surface area contributed by atoms with Gasteiger partial charge in [-0.15, -0.1) is 0 Å². The fraction of sp³-hybridized carbons (Fsp3) is 0.538. The number of urea groups is 1. The molecular weight excluding hydrogens is 214 g/mol. The van der Waals surface area contributed by atoms with E-state index in [9.17, 15) is 4.79 Å². The third kappa shape index (κ3) is 3.73. The smallest absolute Gasteiger partial charge is 0.317 e. The minimum absolute atomic E-state index is 0.0253. The second-order valence-corrected chi connectivity index (χ2v) is 3.79. The number of nitrogens with one attached hydrogen (secondary N) is 1. The molecule has 1 N–H and O–H groups in total. The lowest BCUT2D eigenvalue weighted by atomic mass is 10.1. The summed E-state index contributed by atoms with van der Waals surface area (Å²) in [6.45, 7) is 7.99. The van der Waals surface area contributed by atoms with Crippen molar-refractivity contribution in [1.29, 1.82) is 0 Å². The predicted octanol–water partition coefficient (Wildman–Crippen LogP) is 2.20. The first-order chi connectivity index (χ1) is 8.22. The lowest BCUT2D eigenvalue weighted by Gasteiger charge is -2.19. The predicted molar refractivity (Wildman–Crippen MR) is 68.8 cm³/mol. The molecule has 0 radical (unpaired) electrons. The summed E-state index contributed by atoms with van der Waals surface area (Å²) >= 11 is 0. The lowest BCUT2D eigenvalue weighted by Crippen LogP contribution is -2.39. The van der Waals surface area contributed by atoms with Gasteiger partial charge in [0.15, 0.2) is 0 Å². The monoisotopic (exact) mass is 235 g/mol. The molecule has 0 aromatic carbocycles. The largest absolute Gasteiger partial charge is 0.332 e. The molecule has 1 aromatic rings. The van der Waals surface area contributed by atoms with Gasteiger partial charge in [-0.1, -0.05) is 13.0 Å². The van der Waals surface area contributed by atoms with Crippen LogP contribution in [0.2, 0.25) is 0 Å². The maximum Gasteiger partial charge on any atom is 0.317 e. The van der Waals surface area contributed by atoms with Gasteiger partial charge in [-0.25, -0.2) is 4.79 Å². The highest BCUT2D eigenvalue weighted by atomic mass is 16.2. The van der Waals surface area contributed by atoms with Crippen LogP contribution < -0.4 is 5.32 Å². The molecule has 0 aliphatic heterocycles. The van der Waals surface area contributed by atoms with Crippen LogP contribution in [0.4, 0.5) is 4.79 Å². The quantitative estimate of drug-likeness (QED) is 0.850. The maximum absolute atomic E-state index is 11.8. The molecule has 0 aliphatic carbocycles. The van der Waals surface area contributed by atoms with Gasteiger partial charge in [-0.3, -0.25) is 4.98 Å². The molecule has 0 bridgehead atoms. The third-order valence-corrected chi connectivity index (χ3v) is 2.82. The van der Waals surface area contributed by atoms with E-state index in [0.717, 1.165) is 25.2 Å². The van der Waals surface area contributed by atoms with E-state index in [-0.39, 0.29) is 6.03 Å². The Labute approximate surface area is 103 Å². The van der Waals surface area contributed by atoms with E-state index in [1.165, 1.54) is 5.56 Å². The van der Waals surface area contributed by atoms with Crippen molar-refractivity contribution < 1.29 is 4.79 Å². The highest BCUT2D eigenvalue weighted by Crippen LogP contribution is 2.05. The van der Waals surface area contributed by atoms with Crippen molar-refractivity contribution in [3.63, 3.8) is 0 Å². The van der Waals surface area contributed by atoms with Crippen LogP contribution >= 0.6 is 0 Å². The van der Waals surface area contributed by atoms with Crippen molar-refractivity contribution in [2.75, 3.05) is 13.1 Å². The number of carbonyl (C=O) groups is 1. The first-order valence-electron chi connectivity index (χ1n) is 6.18. The number of hydrogen-bond acceptors (Lipinski definition) is 2. The average Bonchev–Trinajstić information content (AvgIpc) is 2.38. The molecule has 1 heterocycles. The van der Waals surface area contributed by atoms with Crippen molar-refractivity contribution in [2.24, 2.45) is 0 Å². The van der Waals surface area contributed by atoms with E-state index < -0.39 is 0 Å². The summed E-state index contributed by atoms with van der Waals surface area (Å²) in [5, 5.41) is 2.90. The van der Waals surface area contributed by atoms with Gasteiger partial charge in [0.1, 0.15) is 0 Å². The molecule has 0 spiro atoms. The standard InChI is InChI=1S/C13H21N3O/c1-4-11-8-7-9-14-12(11)10-15-13(17)16(5-2)6-3/h7-9H,4-6,10H2,1-3H3,(H,15,17). The second kappa shape index (κ2) is 6.89. The zero-order valence-corrected chi connectivity index (χ0v) is 10.9. The lowest BCUT2D eigenvalue weighted by molar-refractivity contribution is 0.202.